The lowest BCUT2D eigenvalue weighted by atomic mass is 10.2. The second-order valence-electron chi connectivity index (χ2n) is 4.51. The van der Waals surface area contributed by atoms with E-state index in [4.69, 9.17) is 4.42 Å². The smallest absolute Gasteiger partial charge is 0.274 e. The fourth-order valence-corrected chi connectivity index (χ4v) is 1.91. The highest BCUT2D eigenvalue weighted by Gasteiger charge is 2.11. The van der Waals surface area contributed by atoms with Crippen molar-refractivity contribution >= 4 is 35.6 Å². The largest absolute Gasteiger partial charge is 0.467 e. The molecule has 1 aromatic carbocycles. The predicted octanol–water partition coefficient (Wildman–Crippen LogP) is 3.06. The summed E-state index contributed by atoms with van der Waals surface area (Å²) in [5.41, 5.74) is 0.649. The summed E-state index contributed by atoms with van der Waals surface area (Å²) in [5.74, 6) is 1.37. The lowest BCUT2D eigenvalue weighted by Gasteiger charge is -2.10. The molecule has 0 saturated carbocycles. The number of nitrogens with zero attached hydrogens (tertiary/aromatic N) is 2. The zero-order valence-electron chi connectivity index (χ0n) is 12.7. The van der Waals surface area contributed by atoms with Crippen molar-refractivity contribution < 1.29 is 9.34 Å². The maximum absolute atomic E-state index is 11.0. The first-order chi connectivity index (χ1) is 10.7. The van der Waals surface area contributed by atoms with Crippen LogP contribution in [0.15, 0.2) is 52.1 Å². The first-order valence-electron chi connectivity index (χ1n) is 6.97. The number of hydrogen-bond acceptors (Lipinski definition) is 4. The SMILES string of the molecule is CCNC(=NCc1ccccc1[N+](=O)[O-])NCc1ccco1.I. The van der Waals surface area contributed by atoms with Crippen LogP contribution in [-0.2, 0) is 13.1 Å². The van der Waals surface area contributed by atoms with Crippen molar-refractivity contribution in [1.29, 1.82) is 0 Å². The van der Waals surface area contributed by atoms with Gasteiger partial charge in [0.05, 0.1) is 29.8 Å². The Morgan fingerprint density at radius 2 is 2.04 bits per heavy atom. The van der Waals surface area contributed by atoms with E-state index in [1.54, 1.807) is 24.5 Å². The summed E-state index contributed by atoms with van der Waals surface area (Å²) in [6, 6.07) is 10.3. The first kappa shape index (κ1) is 18.9. The normalized spacial score (nSPS) is 10.7. The molecule has 23 heavy (non-hydrogen) atoms. The first-order valence-corrected chi connectivity index (χ1v) is 6.97. The van der Waals surface area contributed by atoms with Gasteiger partial charge in [0.25, 0.3) is 5.69 Å². The number of nitrogens with one attached hydrogen (secondary N) is 2. The van der Waals surface area contributed by atoms with E-state index >= 15 is 0 Å². The summed E-state index contributed by atoms with van der Waals surface area (Å²) >= 11 is 0. The summed E-state index contributed by atoms with van der Waals surface area (Å²) < 4.78 is 5.24. The van der Waals surface area contributed by atoms with E-state index < -0.39 is 4.92 Å². The van der Waals surface area contributed by atoms with Gasteiger partial charge in [-0.2, -0.15) is 0 Å². The molecule has 0 bridgehead atoms. The number of benzene rings is 1. The van der Waals surface area contributed by atoms with E-state index in [9.17, 15) is 10.1 Å². The monoisotopic (exact) mass is 430 g/mol. The van der Waals surface area contributed by atoms with Crippen LogP contribution in [0, 0.1) is 10.1 Å². The van der Waals surface area contributed by atoms with Crippen molar-refractivity contribution in [2.45, 2.75) is 20.0 Å². The van der Waals surface area contributed by atoms with Crippen LogP contribution < -0.4 is 10.6 Å². The molecular weight excluding hydrogens is 411 g/mol. The molecule has 1 heterocycles. The Bertz CT molecular complexity index is 644. The average molecular weight is 430 g/mol. The van der Waals surface area contributed by atoms with Crippen LogP contribution in [0.3, 0.4) is 0 Å². The van der Waals surface area contributed by atoms with E-state index in [0.29, 0.717) is 24.6 Å². The van der Waals surface area contributed by atoms with Gasteiger partial charge < -0.3 is 15.1 Å². The third-order valence-electron chi connectivity index (χ3n) is 2.95. The Balaban J connectivity index is 0.00000264. The van der Waals surface area contributed by atoms with Gasteiger partial charge in [0.2, 0.25) is 0 Å². The zero-order chi connectivity index (χ0) is 15.8. The number of hydrogen-bond donors (Lipinski definition) is 2. The van der Waals surface area contributed by atoms with E-state index in [0.717, 1.165) is 5.76 Å². The maximum atomic E-state index is 11.0. The van der Waals surface area contributed by atoms with Gasteiger partial charge in [0, 0.05) is 12.6 Å². The fourth-order valence-electron chi connectivity index (χ4n) is 1.91. The van der Waals surface area contributed by atoms with Crippen LogP contribution in [0.5, 0.6) is 0 Å². The Morgan fingerprint density at radius 3 is 2.70 bits per heavy atom. The van der Waals surface area contributed by atoms with E-state index in [-0.39, 0.29) is 36.2 Å². The van der Waals surface area contributed by atoms with Gasteiger partial charge in [0.15, 0.2) is 5.96 Å². The van der Waals surface area contributed by atoms with Gasteiger partial charge in [-0.25, -0.2) is 4.99 Å². The molecule has 0 unspecified atom stereocenters. The average Bonchev–Trinajstić information content (AvgIpc) is 3.03. The molecule has 2 N–H and O–H groups in total. The maximum Gasteiger partial charge on any atom is 0.274 e. The lowest BCUT2D eigenvalue weighted by molar-refractivity contribution is -0.385. The highest BCUT2D eigenvalue weighted by Crippen LogP contribution is 2.18. The molecular formula is C15H19IN4O3. The van der Waals surface area contributed by atoms with Crippen LogP contribution in [0.1, 0.15) is 18.2 Å². The van der Waals surface area contributed by atoms with Crippen molar-refractivity contribution in [3.05, 3.63) is 64.1 Å². The molecule has 0 saturated heterocycles. The minimum atomic E-state index is -0.395. The summed E-state index contributed by atoms with van der Waals surface area (Å²) in [6.45, 7) is 3.37. The molecule has 0 aliphatic carbocycles. The van der Waals surface area contributed by atoms with Crippen molar-refractivity contribution in [2.75, 3.05) is 6.54 Å². The van der Waals surface area contributed by atoms with Gasteiger partial charge >= 0.3 is 0 Å². The van der Waals surface area contributed by atoms with E-state index in [2.05, 4.69) is 15.6 Å². The van der Waals surface area contributed by atoms with Crippen molar-refractivity contribution in [1.82, 2.24) is 10.6 Å². The van der Waals surface area contributed by atoms with Crippen LogP contribution in [0.4, 0.5) is 5.69 Å². The van der Waals surface area contributed by atoms with Gasteiger partial charge in [-0.3, -0.25) is 10.1 Å². The summed E-state index contributed by atoms with van der Waals surface area (Å²) in [4.78, 5) is 15.0. The van der Waals surface area contributed by atoms with Crippen LogP contribution in [-0.4, -0.2) is 17.4 Å². The molecule has 0 aliphatic rings. The number of para-hydroxylation sites is 1. The lowest BCUT2D eigenvalue weighted by Crippen LogP contribution is -2.36. The minimum Gasteiger partial charge on any atom is -0.467 e. The molecule has 124 valence electrons. The number of aliphatic imine (C=N–C) groups is 1. The molecule has 8 heteroatoms. The fraction of sp³-hybridized carbons (Fsp3) is 0.267. The summed E-state index contributed by atoms with van der Waals surface area (Å²) in [5, 5.41) is 17.2. The molecule has 0 fully saturated rings. The van der Waals surface area contributed by atoms with E-state index in [1.807, 2.05) is 19.1 Å². The highest BCUT2D eigenvalue weighted by atomic mass is 127. The molecule has 2 aromatic rings. The standard InChI is InChI=1S/C15H18N4O3.HI/c1-2-16-15(18-11-13-7-5-9-22-13)17-10-12-6-3-4-8-14(12)19(20)21;/h3-9H,2,10-11H2,1H3,(H2,16,17,18);1H. The quantitative estimate of drug-likeness (QED) is 0.242. The van der Waals surface area contributed by atoms with Crippen LogP contribution in [0.25, 0.3) is 0 Å². The number of guanidine groups is 1. The second-order valence-corrected chi connectivity index (χ2v) is 4.51. The van der Waals surface area contributed by atoms with Crippen LogP contribution >= 0.6 is 24.0 Å². The Hall–Kier alpha value is -2.10. The number of nitro groups is 1. The Kier molecular flexibility index (Phi) is 8.09. The topological polar surface area (TPSA) is 92.7 Å². The molecule has 0 radical (unpaired) electrons. The molecule has 1 aromatic heterocycles. The zero-order valence-corrected chi connectivity index (χ0v) is 15.0. The van der Waals surface area contributed by atoms with Crippen molar-refractivity contribution in [3.8, 4) is 0 Å². The molecule has 2 rings (SSSR count). The molecule has 0 aliphatic heterocycles. The third kappa shape index (κ3) is 5.89. The third-order valence-corrected chi connectivity index (χ3v) is 2.95. The molecule has 0 amide bonds. The summed E-state index contributed by atoms with van der Waals surface area (Å²) in [7, 11) is 0. The minimum absolute atomic E-state index is 0. The van der Waals surface area contributed by atoms with Gasteiger partial charge in [-0.05, 0) is 19.1 Å². The van der Waals surface area contributed by atoms with Crippen molar-refractivity contribution in [2.24, 2.45) is 4.99 Å². The summed E-state index contributed by atoms with van der Waals surface area (Å²) in [6.07, 6.45) is 1.61. The predicted molar refractivity (Wildman–Crippen MR) is 98.9 cm³/mol. The number of furan rings is 1. The molecule has 7 nitrogen and oxygen atoms in total. The number of nitro benzene ring substituents is 1. The Labute approximate surface area is 151 Å². The molecule has 0 atom stereocenters. The van der Waals surface area contributed by atoms with Crippen LogP contribution in [0.2, 0.25) is 0 Å². The number of halogens is 1. The highest BCUT2D eigenvalue weighted by molar-refractivity contribution is 14.0. The Morgan fingerprint density at radius 1 is 1.26 bits per heavy atom. The second kappa shape index (κ2) is 9.82. The van der Waals surface area contributed by atoms with Gasteiger partial charge in [-0.1, -0.05) is 18.2 Å². The van der Waals surface area contributed by atoms with Gasteiger partial charge in [0.1, 0.15) is 5.76 Å². The van der Waals surface area contributed by atoms with Crippen molar-refractivity contribution in [3.63, 3.8) is 0 Å². The molecule has 0 spiro atoms. The van der Waals surface area contributed by atoms with E-state index in [1.165, 1.54) is 6.07 Å². The van der Waals surface area contributed by atoms with Gasteiger partial charge in [-0.15, -0.1) is 24.0 Å². The number of rotatable bonds is 6.